The number of nitrogens with zero attached hydrogens (tertiary/aromatic N) is 2. The summed E-state index contributed by atoms with van der Waals surface area (Å²) in [4.78, 5) is 41.0. The van der Waals surface area contributed by atoms with Crippen LogP contribution in [-0.4, -0.2) is 27.5 Å². The molecule has 0 unspecified atom stereocenters. The van der Waals surface area contributed by atoms with Gasteiger partial charge < -0.3 is 5.32 Å². The zero-order valence-corrected chi connectivity index (χ0v) is 14.3. The molecule has 24 heavy (non-hydrogen) atoms. The van der Waals surface area contributed by atoms with Crippen molar-refractivity contribution in [2.75, 3.05) is 0 Å². The average molecular weight is 348 g/mol. The second kappa shape index (κ2) is 7.12. The van der Waals surface area contributed by atoms with Gasteiger partial charge in [0, 0.05) is 6.04 Å². The van der Waals surface area contributed by atoms with Crippen LogP contribution in [-0.2, 0) is 11.3 Å². The monoisotopic (exact) mass is 348 g/mol. The molecule has 8 heteroatoms. The summed E-state index contributed by atoms with van der Waals surface area (Å²) < 4.78 is 1.21. The highest BCUT2D eigenvalue weighted by atomic mass is 32.1. The van der Waals surface area contributed by atoms with Gasteiger partial charge in [-0.05, 0) is 30.2 Å². The van der Waals surface area contributed by atoms with E-state index in [2.05, 4.69) is 22.5 Å². The summed E-state index contributed by atoms with van der Waals surface area (Å²) in [5.41, 5.74) is -0.280. The fourth-order valence-corrected chi connectivity index (χ4v) is 3.79. The van der Waals surface area contributed by atoms with E-state index in [0.717, 1.165) is 19.3 Å². The summed E-state index contributed by atoms with van der Waals surface area (Å²) in [6.07, 6.45) is 5.62. The number of fused-ring (bicyclic) bond motifs is 1. The van der Waals surface area contributed by atoms with E-state index in [-0.39, 0.29) is 18.1 Å². The number of imide groups is 1. The second-order valence-corrected chi connectivity index (χ2v) is 7.10. The van der Waals surface area contributed by atoms with Gasteiger partial charge in [0.1, 0.15) is 11.4 Å². The number of aromatic nitrogens is 2. The standard InChI is InChI=1S/C16H20N4O3S/c1-10-4-2-3-5-12(10)18-16(23)19-13(21)8-20-9-17-14-11(15(20)22)6-7-24-14/h6-7,9-10,12H,2-5,8H2,1H3,(H2,18,19,21,23)/t10-,12+/m1/s1. The van der Waals surface area contributed by atoms with Crippen LogP contribution >= 0.6 is 11.3 Å². The Hall–Kier alpha value is -2.22. The first-order valence-corrected chi connectivity index (χ1v) is 8.95. The topological polar surface area (TPSA) is 93.1 Å². The minimum atomic E-state index is -0.533. The number of thiophene rings is 1. The average Bonchev–Trinajstić information content (AvgIpc) is 3.01. The molecule has 1 aliphatic carbocycles. The summed E-state index contributed by atoms with van der Waals surface area (Å²) in [6, 6.07) is 1.27. The number of rotatable bonds is 3. The molecular formula is C16H20N4O3S. The van der Waals surface area contributed by atoms with Crippen molar-refractivity contribution in [1.29, 1.82) is 0 Å². The van der Waals surface area contributed by atoms with Crippen LogP contribution in [0.15, 0.2) is 22.6 Å². The summed E-state index contributed by atoms with van der Waals surface area (Å²) in [7, 11) is 0. The molecule has 0 aromatic carbocycles. The maximum atomic E-state index is 12.2. The van der Waals surface area contributed by atoms with Crippen molar-refractivity contribution < 1.29 is 9.59 Å². The molecule has 2 heterocycles. The number of hydrogen-bond donors (Lipinski definition) is 2. The normalized spacial score (nSPS) is 20.7. The van der Waals surface area contributed by atoms with Gasteiger partial charge in [0.2, 0.25) is 5.91 Å². The number of nitrogens with one attached hydrogen (secondary N) is 2. The first-order valence-electron chi connectivity index (χ1n) is 8.07. The zero-order valence-electron chi connectivity index (χ0n) is 13.4. The van der Waals surface area contributed by atoms with Gasteiger partial charge in [-0.15, -0.1) is 11.3 Å². The predicted octanol–water partition coefficient (Wildman–Crippen LogP) is 1.86. The molecule has 0 bridgehead atoms. The predicted molar refractivity (Wildman–Crippen MR) is 92.0 cm³/mol. The van der Waals surface area contributed by atoms with Crippen LogP contribution in [0, 0.1) is 5.92 Å². The Kier molecular flexibility index (Phi) is 4.94. The fraction of sp³-hybridized carbons (Fsp3) is 0.500. The molecule has 2 aromatic heterocycles. The van der Waals surface area contributed by atoms with Crippen molar-refractivity contribution >= 4 is 33.5 Å². The molecule has 2 N–H and O–H groups in total. The van der Waals surface area contributed by atoms with E-state index >= 15 is 0 Å². The number of carbonyl (C=O) groups is 2. The Morgan fingerprint density at radius 3 is 2.96 bits per heavy atom. The van der Waals surface area contributed by atoms with E-state index in [0.29, 0.717) is 16.1 Å². The Labute approximate surface area is 143 Å². The summed E-state index contributed by atoms with van der Waals surface area (Å²) in [6.45, 7) is 1.87. The number of hydrogen-bond acceptors (Lipinski definition) is 5. The van der Waals surface area contributed by atoms with Gasteiger partial charge in [-0.3, -0.25) is 19.5 Å². The van der Waals surface area contributed by atoms with Gasteiger partial charge in [-0.2, -0.15) is 0 Å². The van der Waals surface area contributed by atoms with Crippen LogP contribution in [0.2, 0.25) is 0 Å². The number of amides is 3. The molecule has 7 nitrogen and oxygen atoms in total. The maximum Gasteiger partial charge on any atom is 0.321 e. The number of urea groups is 1. The van der Waals surface area contributed by atoms with Crippen LogP contribution in [0.1, 0.15) is 32.6 Å². The van der Waals surface area contributed by atoms with Gasteiger partial charge in [0.25, 0.3) is 5.56 Å². The van der Waals surface area contributed by atoms with E-state index in [4.69, 9.17) is 0 Å². The van der Waals surface area contributed by atoms with Gasteiger partial charge in [-0.25, -0.2) is 9.78 Å². The molecule has 128 valence electrons. The lowest BCUT2D eigenvalue weighted by Crippen LogP contribution is -2.48. The summed E-state index contributed by atoms with van der Waals surface area (Å²) >= 11 is 1.37. The molecule has 1 fully saturated rings. The highest BCUT2D eigenvalue weighted by molar-refractivity contribution is 7.16. The molecule has 2 aromatic rings. The second-order valence-electron chi connectivity index (χ2n) is 6.21. The van der Waals surface area contributed by atoms with Crippen LogP contribution in [0.25, 0.3) is 10.2 Å². The van der Waals surface area contributed by atoms with E-state index in [1.807, 2.05) is 0 Å². The van der Waals surface area contributed by atoms with Gasteiger partial charge in [-0.1, -0.05) is 19.8 Å². The van der Waals surface area contributed by atoms with Gasteiger partial charge >= 0.3 is 6.03 Å². The minimum Gasteiger partial charge on any atom is -0.335 e. The molecule has 1 saturated carbocycles. The third-order valence-corrected chi connectivity index (χ3v) is 5.27. The van der Waals surface area contributed by atoms with Gasteiger partial charge in [0.05, 0.1) is 11.7 Å². The van der Waals surface area contributed by atoms with Gasteiger partial charge in [0.15, 0.2) is 0 Å². The molecule has 0 radical (unpaired) electrons. The quantitative estimate of drug-likeness (QED) is 0.885. The highest BCUT2D eigenvalue weighted by Crippen LogP contribution is 2.23. The first-order chi connectivity index (χ1) is 11.5. The van der Waals surface area contributed by atoms with Crippen molar-refractivity contribution in [3.63, 3.8) is 0 Å². The van der Waals surface area contributed by atoms with Crippen molar-refractivity contribution in [2.24, 2.45) is 5.92 Å². The molecular weight excluding hydrogens is 328 g/mol. The zero-order chi connectivity index (χ0) is 17.1. The lowest BCUT2D eigenvalue weighted by molar-refractivity contribution is -0.120. The molecule has 2 atom stereocenters. The van der Waals surface area contributed by atoms with E-state index in [1.165, 1.54) is 28.7 Å². The summed E-state index contributed by atoms with van der Waals surface area (Å²) in [5.74, 6) is -0.123. The van der Waals surface area contributed by atoms with Crippen molar-refractivity contribution in [1.82, 2.24) is 20.2 Å². The SMILES string of the molecule is C[C@@H]1CCCC[C@@H]1NC(=O)NC(=O)Cn1cnc2sccc2c1=O. The largest absolute Gasteiger partial charge is 0.335 e. The lowest BCUT2D eigenvalue weighted by Gasteiger charge is -2.29. The van der Waals surface area contributed by atoms with Crippen molar-refractivity contribution in [3.8, 4) is 0 Å². The third-order valence-electron chi connectivity index (χ3n) is 4.45. The van der Waals surface area contributed by atoms with E-state index in [1.54, 1.807) is 11.4 Å². The fourth-order valence-electron chi connectivity index (χ4n) is 3.06. The molecule has 1 aliphatic rings. The van der Waals surface area contributed by atoms with E-state index in [9.17, 15) is 14.4 Å². The van der Waals surface area contributed by atoms with Crippen molar-refractivity contribution in [3.05, 3.63) is 28.1 Å². The molecule has 0 aliphatic heterocycles. The third kappa shape index (κ3) is 3.64. The van der Waals surface area contributed by atoms with Crippen LogP contribution in [0.4, 0.5) is 4.79 Å². The Balaban J connectivity index is 1.59. The number of carbonyl (C=O) groups excluding carboxylic acids is 2. The smallest absolute Gasteiger partial charge is 0.321 e. The minimum absolute atomic E-state index is 0.0955. The molecule has 0 saturated heterocycles. The first kappa shape index (κ1) is 16.6. The maximum absolute atomic E-state index is 12.2. The highest BCUT2D eigenvalue weighted by Gasteiger charge is 2.23. The molecule has 0 spiro atoms. The molecule has 3 rings (SSSR count). The van der Waals surface area contributed by atoms with Crippen LogP contribution < -0.4 is 16.2 Å². The lowest BCUT2D eigenvalue weighted by atomic mass is 9.86. The summed E-state index contributed by atoms with van der Waals surface area (Å²) in [5, 5.41) is 7.41. The van der Waals surface area contributed by atoms with Crippen molar-refractivity contribution in [2.45, 2.75) is 45.2 Å². The Bertz CT molecular complexity index is 813. The van der Waals surface area contributed by atoms with Crippen LogP contribution in [0.5, 0.6) is 0 Å². The molecule has 3 amide bonds. The Morgan fingerprint density at radius 1 is 1.38 bits per heavy atom. The Morgan fingerprint density at radius 2 is 2.17 bits per heavy atom. The van der Waals surface area contributed by atoms with Crippen LogP contribution in [0.3, 0.4) is 0 Å². The van der Waals surface area contributed by atoms with E-state index < -0.39 is 11.9 Å².